The molecule has 2 fully saturated rings. The topological polar surface area (TPSA) is 72.6 Å². The van der Waals surface area contributed by atoms with E-state index in [-0.39, 0.29) is 6.04 Å². The maximum atomic E-state index is 13.0. The predicted molar refractivity (Wildman–Crippen MR) is 81.4 cm³/mol. The summed E-state index contributed by atoms with van der Waals surface area (Å²) in [6, 6.07) is 5.16. The molecule has 1 saturated heterocycles. The first-order valence-electron chi connectivity index (χ1n) is 7.44. The molecular formula is C15H22N2O3S. The van der Waals surface area contributed by atoms with Crippen molar-refractivity contribution < 1.29 is 13.2 Å². The molecule has 2 aliphatic rings. The number of benzene rings is 1. The second kappa shape index (κ2) is 5.59. The van der Waals surface area contributed by atoms with Gasteiger partial charge in [-0.25, -0.2) is 8.42 Å². The number of nitrogens with zero attached hydrogens (tertiary/aromatic N) is 1. The molecule has 1 unspecified atom stereocenters. The van der Waals surface area contributed by atoms with Gasteiger partial charge in [0.15, 0.2) is 0 Å². The van der Waals surface area contributed by atoms with Crippen LogP contribution in [-0.2, 0) is 14.8 Å². The number of anilines is 1. The fourth-order valence-corrected chi connectivity index (χ4v) is 4.84. The van der Waals surface area contributed by atoms with Gasteiger partial charge in [0.1, 0.15) is 0 Å². The molecule has 0 bridgehead atoms. The lowest BCUT2D eigenvalue weighted by Gasteiger charge is -2.25. The zero-order chi connectivity index (χ0) is 15.0. The van der Waals surface area contributed by atoms with Crippen LogP contribution in [0.25, 0.3) is 0 Å². The molecule has 1 aromatic carbocycles. The summed E-state index contributed by atoms with van der Waals surface area (Å²) in [5.41, 5.74) is 7.03. The molecule has 116 valence electrons. The molecule has 5 nitrogen and oxygen atoms in total. The number of aryl methyl sites for hydroxylation is 1. The Bertz CT molecular complexity index is 620. The van der Waals surface area contributed by atoms with Crippen molar-refractivity contribution in [2.24, 2.45) is 5.92 Å². The summed E-state index contributed by atoms with van der Waals surface area (Å²) in [5, 5.41) is 0. The van der Waals surface area contributed by atoms with E-state index in [1.54, 1.807) is 29.4 Å². The minimum Gasteiger partial charge on any atom is -0.399 e. The summed E-state index contributed by atoms with van der Waals surface area (Å²) in [7, 11) is -3.45. The maximum absolute atomic E-state index is 13.0. The van der Waals surface area contributed by atoms with Crippen LogP contribution in [-0.4, -0.2) is 38.5 Å². The highest BCUT2D eigenvalue weighted by Gasteiger charge is 2.40. The lowest BCUT2D eigenvalue weighted by molar-refractivity contribution is 0.180. The fraction of sp³-hybridized carbons (Fsp3) is 0.600. The standard InChI is InChI=1S/C15H22N2O3S/c1-11-8-13(16)2-5-15(11)21(18,19)17(14-3-4-14)9-12-6-7-20-10-12/h2,5,8,12,14H,3-4,6-7,9-10,16H2,1H3. The zero-order valence-electron chi connectivity index (χ0n) is 12.3. The first-order chi connectivity index (χ1) is 9.98. The fourth-order valence-electron chi connectivity index (χ4n) is 2.88. The lowest BCUT2D eigenvalue weighted by atomic mass is 10.1. The van der Waals surface area contributed by atoms with Crippen LogP contribution in [0.4, 0.5) is 5.69 Å². The normalized spacial score (nSPS) is 22.9. The van der Waals surface area contributed by atoms with Crippen LogP contribution >= 0.6 is 0 Å². The summed E-state index contributed by atoms with van der Waals surface area (Å²) in [4.78, 5) is 0.377. The molecule has 0 spiro atoms. The van der Waals surface area contributed by atoms with Gasteiger partial charge in [0, 0.05) is 24.9 Å². The number of rotatable bonds is 5. The minimum atomic E-state index is -3.45. The van der Waals surface area contributed by atoms with Gasteiger partial charge < -0.3 is 10.5 Å². The van der Waals surface area contributed by atoms with E-state index in [0.717, 1.165) is 25.9 Å². The molecule has 1 atom stereocenters. The average Bonchev–Trinajstić information content (AvgIpc) is 3.11. The number of nitrogen functional groups attached to an aromatic ring is 1. The predicted octanol–water partition coefficient (Wildman–Crippen LogP) is 1.77. The van der Waals surface area contributed by atoms with Gasteiger partial charge in [-0.1, -0.05) is 0 Å². The molecule has 1 aromatic rings. The Kier molecular flexibility index (Phi) is 3.94. The Hall–Kier alpha value is -1.11. The van der Waals surface area contributed by atoms with E-state index in [9.17, 15) is 8.42 Å². The number of ether oxygens (including phenoxy) is 1. The van der Waals surface area contributed by atoms with Gasteiger partial charge in [0.25, 0.3) is 0 Å². The Labute approximate surface area is 126 Å². The van der Waals surface area contributed by atoms with Crippen molar-refractivity contribution in [2.75, 3.05) is 25.5 Å². The third-order valence-corrected chi connectivity index (χ3v) is 6.28. The third kappa shape index (κ3) is 3.07. The molecule has 1 heterocycles. The Morgan fingerprint density at radius 1 is 1.33 bits per heavy atom. The Morgan fingerprint density at radius 3 is 2.67 bits per heavy atom. The van der Waals surface area contributed by atoms with Gasteiger partial charge in [-0.15, -0.1) is 0 Å². The number of sulfonamides is 1. The number of hydrogen-bond donors (Lipinski definition) is 1. The van der Waals surface area contributed by atoms with Crippen LogP contribution in [0.3, 0.4) is 0 Å². The van der Waals surface area contributed by atoms with Crippen molar-refractivity contribution in [3.8, 4) is 0 Å². The molecule has 0 radical (unpaired) electrons. The highest BCUT2D eigenvalue weighted by atomic mass is 32.2. The van der Waals surface area contributed by atoms with Crippen molar-refractivity contribution >= 4 is 15.7 Å². The average molecular weight is 310 g/mol. The molecule has 6 heteroatoms. The van der Waals surface area contributed by atoms with Crippen LogP contribution in [0.2, 0.25) is 0 Å². The Balaban J connectivity index is 1.89. The quantitative estimate of drug-likeness (QED) is 0.841. The minimum absolute atomic E-state index is 0.160. The van der Waals surface area contributed by atoms with E-state index < -0.39 is 10.0 Å². The molecule has 1 aliphatic carbocycles. The SMILES string of the molecule is Cc1cc(N)ccc1S(=O)(=O)N(CC1CCOC1)C1CC1. The van der Waals surface area contributed by atoms with Crippen molar-refractivity contribution in [3.63, 3.8) is 0 Å². The van der Waals surface area contributed by atoms with Crippen LogP contribution in [0.1, 0.15) is 24.8 Å². The molecule has 0 aromatic heterocycles. The second-order valence-corrected chi connectivity index (χ2v) is 7.92. The van der Waals surface area contributed by atoms with E-state index in [1.165, 1.54) is 0 Å². The summed E-state index contributed by atoms with van der Waals surface area (Å²) in [6.07, 6.45) is 2.86. The lowest BCUT2D eigenvalue weighted by Crippen LogP contribution is -2.37. The van der Waals surface area contributed by atoms with Crippen molar-refractivity contribution in [1.29, 1.82) is 0 Å². The Morgan fingerprint density at radius 2 is 2.10 bits per heavy atom. The van der Waals surface area contributed by atoms with Gasteiger partial charge in [-0.2, -0.15) is 4.31 Å². The number of hydrogen-bond acceptors (Lipinski definition) is 4. The van der Waals surface area contributed by atoms with Crippen LogP contribution in [0.5, 0.6) is 0 Å². The highest BCUT2D eigenvalue weighted by molar-refractivity contribution is 7.89. The summed E-state index contributed by atoms with van der Waals surface area (Å²) in [6.45, 7) is 3.77. The second-order valence-electron chi connectivity index (χ2n) is 6.06. The first kappa shape index (κ1) is 14.8. The van der Waals surface area contributed by atoms with Gasteiger partial charge in [0.2, 0.25) is 10.0 Å². The summed E-state index contributed by atoms with van der Waals surface area (Å²) < 4.78 is 33.0. The summed E-state index contributed by atoms with van der Waals surface area (Å²) >= 11 is 0. The maximum Gasteiger partial charge on any atom is 0.243 e. The van der Waals surface area contributed by atoms with Crippen LogP contribution in [0.15, 0.2) is 23.1 Å². The van der Waals surface area contributed by atoms with E-state index >= 15 is 0 Å². The molecule has 0 amide bonds. The molecular weight excluding hydrogens is 288 g/mol. The van der Waals surface area contributed by atoms with E-state index in [0.29, 0.717) is 35.2 Å². The molecule has 1 saturated carbocycles. The highest BCUT2D eigenvalue weighted by Crippen LogP contribution is 2.34. The molecule has 1 aliphatic heterocycles. The largest absolute Gasteiger partial charge is 0.399 e. The molecule has 21 heavy (non-hydrogen) atoms. The monoisotopic (exact) mass is 310 g/mol. The van der Waals surface area contributed by atoms with Crippen LogP contribution in [0, 0.1) is 12.8 Å². The van der Waals surface area contributed by atoms with E-state index in [1.807, 2.05) is 0 Å². The van der Waals surface area contributed by atoms with Gasteiger partial charge in [0.05, 0.1) is 11.5 Å². The molecule has 3 rings (SSSR count). The van der Waals surface area contributed by atoms with Gasteiger partial charge >= 0.3 is 0 Å². The van der Waals surface area contributed by atoms with Crippen LogP contribution < -0.4 is 5.73 Å². The third-order valence-electron chi connectivity index (χ3n) is 4.20. The molecule has 2 N–H and O–H groups in total. The first-order valence-corrected chi connectivity index (χ1v) is 8.88. The van der Waals surface area contributed by atoms with Crippen molar-refractivity contribution in [3.05, 3.63) is 23.8 Å². The number of nitrogens with two attached hydrogens (primary N) is 1. The van der Waals surface area contributed by atoms with E-state index in [2.05, 4.69) is 0 Å². The van der Waals surface area contributed by atoms with Gasteiger partial charge in [-0.05, 0) is 55.9 Å². The summed E-state index contributed by atoms with van der Waals surface area (Å²) in [5.74, 6) is 0.314. The zero-order valence-corrected chi connectivity index (χ0v) is 13.1. The van der Waals surface area contributed by atoms with Gasteiger partial charge in [-0.3, -0.25) is 0 Å². The van der Waals surface area contributed by atoms with Crippen molar-refractivity contribution in [1.82, 2.24) is 4.31 Å². The smallest absolute Gasteiger partial charge is 0.243 e. The van der Waals surface area contributed by atoms with E-state index in [4.69, 9.17) is 10.5 Å². The van der Waals surface area contributed by atoms with Crippen molar-refractivity contribution in [2.45, 2.75) is 37.1 Å².